The molecule has 0 heterocycles. The summed E-state index contributed by atoms with van der Waals surface area (Å²) in [6.07, 6.45) is 4.56. The van der Waals surface area contributed by atoms with Gasteiger partial charge in [0.2, 0.25) is 0 Å². The second-order valence-corrected chi connectivity index (χ2v) is 3.86. The normalized spacial score (nSPS) is 12.2. The molecule has 5 heteroatoms. The fraction of sp³-hybridized carbons (Fsp3) is 0.714. The average Bonchev–Trinajstić information content (AvgIpc) is 1.94. The van der Waals surface area contributed by atoms with Gasteiger partial charge in [0.1, 0.15) is 0 Å². The first-order valence-electron chi connectivity index (χ1n) is 3.78. The van der Waals surface area contributed by atoms with Crippen molar-refractivity contribution in [2.75, 3.05) is 12.4 Å². The van der Waals surface area contributed by atoms with Crippen LogP contribution < -0.4 is 0 Å². The van der Waals surface area contributed by atoms with Crippen molar-refractivity contribution in [3.8, 4) is 0 Å². The summed E-state index contributed by atoms with van der Waals surface area (Å²) >= 11 is 0. The summed E-state index contributed by atoms with van der Waals surface area (Å²) in [7, 11) is -3.82. The molecule has 0 amide bonds. The van der Waals surface area contributed by atoms with Crippen molar-refractivity contribution >= 4 is 10.1 Å². The molecule has 1 N–H and O–H groups in total. The van der Waals surface area contributed by atoms with Crippen molar-refractivity contribution in [3.63, 3.8) is 0 Å². The fourth-order valence-corrected chi connectivity index (χ4v) is 1.04. The van der Waals surface area contributed by atoms with Crippen molar-refractivity contribution < 1.29 is 17.7 Å². The lowest BCUT2D eigenvalue weighted by Gasteiger charge is -1.98. The molecule has 0 aliphatic rings. The third kappa shape index (κ3) is 9.45. The standard InChI is InChI=1S/C7H14O4S/c1-2-3-5-11-6-4-7-12(8,9)10/h3,5H,2,4,6-7H2,1H3,(H,8,9,10). The van der Waals surface area contributed by atoms with Crippen LogP contribution in [0.4, 0.5) is 0 Å². The Kier molecular flexibility index (Phi) is 5.74. The monoisotopic (exact) mass is 194 g/mol. The van der Waals surface area contributed by atoms with Gasteiger partial charge in [-0.2, -0.15) is 8.42 Å². The van der Waals surface area contributed by atoms with Crippen LogP contribution in [0.15, 0.2) is 12.3 Å². The predicted octanol–water partition coefficient (Wildman–Crippen LogP) is 1.20. The number of hydrogen-bond acceptors (Lipinski definition) is 3. The summed E-state index contributed by atoms with van der Waals surface area (Å²) in [5, 5.41) is 0. The molecule has 0 aliphatic carbocycles. The average molecular weight is 194 g/mol. The van der Waals surface area contributed by atoms with Crippen molar-refractivity contribution in [1.29, 1.82) is 0 Å². The van der Waals surface area contributed by atoms with E-state index < -0.39 is 10.1 Å². The van der Waals surface area contributed by atoms with E-state index in [1.54, 1.807) is 0 Å². The highest BCUT2D eigenvalue weighted by Gasteiger charge is 2.02. The molecular formula is C7H14O4S. The van der Waals surface area contributed by atoms with Crippen molar-refractivity contribution in [2.24, 2.45) is 0 Å². The highest BCUT2D eigenvalue weighted by atomic mass is 32.2. The SMILES string of the molecule is CCC=COCCCS(=O)(=O)O. The van der Waals surface area contributed by atoms with Gasteiger partial charge in [0.25, 0.3) is 10.1 Å². The molecule has 0 aromatic carbocycles. The van der Waals surface area contributed by atoms with E-state index in [0.29, 0.717) is 13.0 Å². The molecule has 12 heavy (non-hydrogen) atoms. The second kappa shape index (κ2) is 6.02. The van der Waals surface area contributed by atoms with Gasteiger partial charge in [-0.25, -0.2) is 0 Å². The van der Waals surface area contributed by atoms with Gasteiger partial charge in [0.05, 0.1) is 18.6 Å². The van der Waals surface area contributed by atoms with Gasteiger partial charge >= 0.3 is 0 Å². The van der Waals surface area contributed by atoms with Gasteiger partial charge in [-0.3, -0.25) is 4.55 Å². The predicted molar refractivity (Wildman–Crippen MR) is 46.4 cm³/mol. The maximum Gasteiger partial charge on any atom is 0.264 e. The quantitative estimate of drug-likeness (QED) is 0.392. The highest BCUT2D eigenvalue weighted by Crippen LogP contribution is 1.90. The van der Waals surface area contributed by atoms with E-state index in [1.165, 1.54) is 6.26 Å². The molecule has 0 radical (unpaired) electrons. The Morgan fingerprint density at radius 1 is 1.50 bits per heavy atom. The van der Waals surface area contributed by atoms with Crippen LogP contribution in [-0.4, -0.2) is 25.3 Å². The molecule has 0 aliphatic heterocycles. The first-order chi connectivity index (χ1) is 5.56. The van der Waals surface area contributed by atoms with Crippen LogP contribution in [0.3, 0.4) is 0 Å². The zero-order valence-corrected chi connectivity index (χ0v) is 7.88. The minimum Gasteiger partial charge on any atom is -0.501 e. The van der Waals surface area contributed by atoms with E-state index in [9.17, 15) is 8.42 Å². The van der Waals surface area contributed by atoms with Gasteiger partial charge < -0.3 is 4.74 Å². The van der Waals surface area contributed by atoms with Gasteiger partial charge in [0.15, 0.2) is 0 Å². The second-order valence-electron chi connectivity index (χ2n) is 2.29. The van der Waals surface area contributed by atoms with Crippen LogP contribution in [-0.2, 0) is 14.9 Å². The molecule has 0 aromatic rings. The number of ether oxygens (including phenoxy) is 1. The van der Waals surface area contributed by atoms with Crippen LogP contribution in [0, 0.1) is 0 Å². The Morgan fingerprint density at radius 2 is 2.17 bits per heavy atom. The molecule has 0 atom stereocenters. The molecule has 0 saturated heterocycles. The first-order valence-corrected chi connectivity index (χ1v) is 5.39. The van der Waals surface area contributed by atoms with Gasteiger partial charge in [0, 0.05) is 0 Å². The third-order valence-corrected chi connectivity index (χ3v) is 1.90. The largest absolute Gasteiger partial charge is 0.501 e. The van der Waals surface area contributed by atoms with Crippen molar-refractivity contribution in [1.82, 2.24) is 0 Å². The van der Waals surface area contributed by atoms with Gasteiger partial charge in [-0.05, 0) is 12.8 Å². The van der Waals surface area contributed by atoms with E-state index in [0.717, 1.165) is 6.42 Å². The molecule has 0 unspecified atom stereocenters. The van der Waals surface area contributed by atoms with E-state index in [-0.39, 0.29) is 5.75 Å². The number of allylic oxidation sites excluding steroid dienone is 1. The lowest BCUT2D eigenvalue weighted by Crippen LogP contribution is -2.05. The van der Waals surface area contributed by atoms with Crippen molar-refractivity contribution in [3.05, 3.63) is 12.3 Å². The van der Waals surface area contributed by atoms with E-state index in [2.05, 4.69) is 0 Å². The highest BCUT2D eigenvalue weighted by molar-refractivity contribution is 7.85. The zero-order chi connectivity index (χ0) is 9.45. The Bertz CT molecular complexity index is 218. The van der Waals surface area contributed by atoms with E-state index >= 15 is 0 Å². The Balaban J connectivity index is 3.28. The molecule has 0 fully saturated rings. The Labute approximate surface area is 73.0 Å². The summed E-state index contributed by atoms with van der Waals surface area (Å²) in [5.41, 5.74) is 0. The Morgan fingerprint density at radius 3 is 2.67 bits per heavy atom. The van der Waals surface area contributed by atoms with Crippen LogP contribution in [0.1, 0.15) is 19.8 Å². The summed E-state index contributed by atoms with van der Waals surface area (Å²) in [6, 6.07) is 0. The summed E-state index contributed by atoms with van der Waals surface area (Å²) in [5.74, 6) is -0.243. The van der Waals surface area contributed by atoms with Crippen LogP contribution in [0.25, 0.3) is 0 Å². The minimum absolute atomic E-state index is 0.243. The molecule has 0 aromatic heterocycles. The summed E-state index contributed by atoms with van der Waals surface area (Å²) in [4.78, 5) is 0. The minimum atomic E-state index is -3.82. The topological polar surface area (TPSA) is 63.6 Å². The smallest absolute Gasteiger partial charge is 0.264 e. The molecule has 72 valence electrons. The molecule has 4 nitrogen and oxygen atoms in total. The molecular weight excluding hydrogens is 180 g/mol. The number of rotatable bonds is 6. The van der Waals surface area contributed by atoms with Crippen LogP contribution in [0.2, 0.25) is 0 Å². The van der Waals surface area contributed by atoms with Crippen LogP contribution in [0.5, 0.6) is 0 Å². The number of hydrogen-bond donors (Lipinski definition) is 1. The summed E-state index contributed by atoms with van der Waals surface area (Å²) < 4.78 is 33.6. The maximum absolute atomic E-state index is 10.2. The molecule has 0 saturated carbocycles. The zero-order valence-electron chi connectivity index (χ0n) is 7.06. The molecule has 0 bridgehead atoms. The fourth-order valence-electron chi connectivity index (χ4n) is 0.557. The van der Waals surface area contributed by atoms with E-state index in [4.69, 9.17) is 9.29 Å². The third-order valence-electron chi connectivity index (χ3n) is 1.09. The van der Waals surface area contributed by atoms with Crippen molar-refractivity contribution in [2.45, 2.75) is 19.8 Å². The lowest BCUT2D eigenvalue weighted by atomic mass is 10.5. The first kappa shape index (κ1) is 11.4. The van der Waals surface area contributed by atoms with Crippen LogP contribution >= 0.6 is 0 Å². The van der Waals surface area contributed by atoms with E-state index in [1.807, 2.05) is 13.0 Å². The molecule has 0 spiro atoms. The van der Waals surface area contributed by atoms with Gasteiger partial charge in [-0.1, -0.05) is 13.0 Å². The maximum atomic E-state index is 10.2. The Hall–Kier alpha value is -0.550. The lowest BCUT2D eigenvalue weighted by molar-refractivity contribution is 0.248. The molecule has 0 rings (SSSR count). The summed E-state index contributed by atoms with van der Waals surface area (Å²) in [6.45, 7) is 2.29. The van der Waals surface area contributed by atoms with Gasteiger partial charge in [-0.15, -0.1) is 0 Å².